The van der Waals surface area contributed by atoms with Crippen LogP contribution in [0, 0.1) is 6.92 Å². The maximum atomic E-state index is 11.5. The van der Waals surface area contributed by atoms with Crippen LogP contribution in [0.1, 0.15) is 50.3 Å². The van der Waals surface area contributed by atoms with Crippen molar-refractivity contribution in [1.29, 1.82) is 0 Å². The van der Waals surface area contributed by atoms with Gasteiger partial charge >= 0.3 is 0 Å². The molecule has 1 heterocycles. The number of carbonyl (C=O) groups excluding carboxylic acids is 1. The van der Waals surface area contributed by atoms with Crippen molar-refractivity contribution in [2.45, 2.75) is 46.0 Å². The lowest BCUT2D eigenvalue weighted by Gasteiger charge is -2.15. The molecule has 2 nitrogen and oxygen atoms in total. The van der Waals surface area contributed by atoms with Crippen molar-refractivity contribution >= 4 is 16.7 Å². The fourth-order valence-corrected chi connectivity index (χ4v) is 2.87. The molecule has 0 amide bonds. The average molecular weight is 243 g/mol. The maximum Gasteiger partial charge on any atom is 0.130 e. The number of benzene rings is 1. The van der Waals surface area contributed by atoms with Crippen LogP contribution in [0.4, 0.5) is 0 Å². The van der Waals surface area contributed by atoms with E-state index in [4.69, 9.17) is 0 Å². The minimum atomic E-state index is 0.276. The highest BCUT2D eigenvalue weighted by molar-refractivity contribution is 5.86. The van der Waals surface area contributed by atoms with E-state index >= 15 is 0 Å². The molecule has 2 aromatic rings. The van der Waals surface area contributed by atoms with E-state index < -0.39 is 0 Å². The lowest BCUT2D eigenvalue weighted by atomic mass is 9.88. The van der Waals surface area contributed by atoms with Crippen LogP contribution in [-0.2, 0) is 4.79 Å². The Bertz CT molecular complexity index is 553. The predicted molar refractivity (Wildman–Crippen MR) is 76.0 cm³/mol. The van der Waals surface area contributed by atoms with Crippen molar-refractivity contribution < 1.29 is 4.79 Å². The number of para-hydroxylation sites is 1. The summed E-state index contributed by atoms with van der Waals surface area (Å²) in [5.41, 5.74) is 3.72. The van der Waals surface area contributed by atoms with E-state index in [9.17, 15) is 4.79 Å². The SMILES string of the molecule is CCCC(CC(C)=O)c1c(C)[nH]c2ccccc12. The molecular formula is C16H21NO. The summed E-state index contributed by atoms with van der Waals surface area (Å²) in [6.07, 6.45) is 2.83. The number of aromatic nitrogens is 1. The van der Waals surface area contributed by atoms with Gasteiger partial charge in [-0.15, -0.1) is 0 Å². The molecule has 0 bridgehead atoms. The molecule has 0 radical (unpaired) electrons. The van der Waals surface area contributed by atoms with Gasteiger partial charge in [0.2, 0.25) is 0 Å². The Hall–Kier alpha value is -1.57. The minimum absolute atomic E-state index is 0.276. The first kappa shape index (κ1) is 12.9. The molecule has 2 rings (SSSR count). The molecule has 0 saturated carbocycles. The van der Waals surface area contributed by atoms with Gasteiger partial charge in [0.05, 0.1) is 0 Å². The Labute approximate surface area is 108 Å². The molecule has 1 N–H and O–H groups in total. The van der Waals surface area contributed by atoms with Crippen LogP contribution in [0.2, 0.25) is 0 Å². The summed E-state index contributed by atoms with van der Waals surface area (Å²) < 4.78 is 0. The van der Waals surface area contributed by atoms with Crippen molar-refractivity contribution in [1.82, 2.24) is 4.98 Å². The number of aryl methyl sites for hydroxylation is 1. The van der Waals surface area contributed by atoms with Crippen LogP contribution in [0.25, 0.3) is 10.9 Å². The summed E-state index contributed by atoms with van der Waals surface area (Å²) in [5.74, 6) is 0.627. The largest absolute Gasteiger partial charge is 0.358 e. The monoisotopic (exact) mass is 243 g/mol. The zero-order valence-electron chi connectivity index (χ0n) is 11.4. The van der Waals surface area contributed by atoms with E-state index in [0.717, 1.165) is 12.8 Å². The van der Waals surface area contributed by atoms with Crippen LogP contribution in [-0.4, -0.2) is 10.8 Å². The molecule has 18 heavy (non-hydrogen) atoms. The number of nitrogens with one attached hydrogen (secondary N) is 1. The lowest BCUT2D eigenvalue weighted by Crippen LogP contribution is -2.05. The molecule has 1 atom stereocenters. The topological polar surface area (TPSA) is 32.9 Å². The van der Waals surface area contributed by atoms with Crippen molar-refractivity contribution in [3.8, 4) is 0 Å². The number of aromatic amines is 1. The van der Waals surface area contributed by atoms with Gasteiger partial charge in [0.1, 0.15) is 5.78 Å². The number of hydrogen-bond donors (Lipinski definition) is 1. The Morgan fingerprint density at radius 3 is 2.72 bits per heavy atom. The Kier molecular flexibility index (Phi) is 3.85. The highest BCUT2D eigenvalue weighted by atomic mass is 16.1. The molecule has 1 unspecified atom stereocenters. The number of H-pyrrole nitrogens is 1. The van der Waals surface area contributed by atoms with E-state index in [1.807, 2.05) is 6.07 Å². The highest BCUT2D eigenvalue weighted by Crippen LogP contribution is 2.34. The summed E-state index contributed by atoms with van der Waals surface area (Å²) in [6.45, 7) is 5.97. The molecule has 2 heteroatoms. The highest BCUT2D eigenvalue weighted by Gasteiger charge is 2.19. The predicted octanol–water partition coefficient (Wildman–Crippen LogP) is 4.34. The quantitative estimate of drug-likeness (QED) is 0.832. The Morgan fingerprint density at radius 2 is 2.06 bits per heavy atom. The second-order valence-corrected chi connectivity index (χ2v) is 5.10. The minimum Gasteiger partial charge on any atom is -0.358 e. The zero-order valence-corrected chi connectivity index (χ0v) is 11.4. The third-order valence-electron chi connectivity index (χ3n) is 3.52. The van der Waals surface area contributed by atoms with Gasteiger partial charge in [-0.3, -0.25) is 0 Å². The number of Topliss-reactive ketones (excluding diaryl/α,β-unsaturated/α-hetero) is 1. The van der Waals surface area contributed by atoms with Gasteiger partial charge in [0, 0.05) is 23.0 Å². The van der Waals surface area contributed by atoms with Crippen LogP contribution in [0.15, 0.2) is 24.3 Å². The first-order chi connectivity index (χ1) is 8.63. The molecule has 1 aromatic carbocycles. The molecule has 96 valence electrons. The standard InChI is InChI=1S/C16H21NO/c1-4-7-13(10-11(2)18)16-12(3)17-15-9-6-5-8-14(15)16/h5-6,8-9,13,17H,4,7,10H2,1-3H3. The maximum absolute atomic E-state index is 11.5. The van der Waals surface area contributed by atoms with Gasteiger partial charge in [0.25, 0.3) is 0 Å². The van der Waals surface area contributed by atoms with E-state index in [1.165, 1.54) is 22.2 Å². The van der Waals surface area contributed by atoms with Crippen LogP contribution >= 0.6 is 0 Å². The van der Waals surface area contributed by atoms with Gasteiger partial charge in [-0.25, -0.2) is 0 Å². The summed E-state index contributed by atoms with van der Waals surface area (Å²) in [4.78, 5) is 14.9. The van der Waals surface area contributed by atoms with E-state index in [-0.39, 0.29) is 5.78 Å². The van der Waals surface area contributed by atoms with Gasteiger partial charge in [-0.05, 0) is 37.8 Å². The molecule has 0 aliphatic heterocycles. The summed E-state index contributed by atoms with van der Waals surface area (Å²) >= 11 is 0. The fraction of sp³-hybridized carbons (Fsp3) is 0.438. The summed E-state index contributed by atoms with van der Waals surface area (Å²) in [5, 5.41) is 1.27. The Morgan fingerprint density at radius 1 is 1.33 bits per heavy atom. The van der Waals surface area contributed by atoms with Crippen LogP contribution in [0.3, 0.4) is 0 Å². The molecule has 0 aliphatic rings. The summed E-state index contributed by atoms with van der Waals surface area (Å²) in [6, 6.07) is 8.36. The molecule has 0 aliphatic carbocycles. The lowest BCUT2D eigenvalue weighted by molar-refractivity contribution is -0.117. The number of fused-ring (bicyclic) bond motifs is 1. The van der Waals surface area contributed by atoms with E-state index in [0.29, 0.717) is 12.3 Å². The number of hydrogen-bond acceptors (Lipinski definition) is 1. The summed E-state index contributed by atoms with van der Waals surface area (Å²) in [7, 11) is 0. The van der Waals surface area contributed by atoms with E-state index in [1.54, 1.807) is 6.92 Å². The van der Waals surface area contributed by atoms with Gasteiger partial charge in [-0.2, -0.15) is 0 Å². The first-order valence-corrected chi connectivity index (χ1v) is 6.70. The normalized spacial score (nSPS) is 12.8. The second kappa shape index (κ2) is 5.38. The molecular weight excluding hydrogens is 222 g/mol. The van der Waals surface area contributed by atoms with Crippen LogP contribution in [0.5, 0.6) is 0 Å². The third kappa shape index (κ3) is 2.47. The molecule has 1 aromatic heterocycles. The fourth-order valence-electron chi connectivity index (χ4n) is 2.87. The van der Waals surface area contributed by atoms with Crippen molar-refractivity contribution in [3.05, 3.63) is 35.5 Å². The van der Waals surface area contributed by atoms with Crippen molar-refractivity contribution in [2.75, 3.05) is 0 Å². The van der Waals surface area contributed by atoms with Gasteiger partial charge < -0.3 is 9.78 Å². The molecule has 0 spiro atoms. The first-order valence-electron chi connectivity index (χ1n) is 6.70. The van der Waals surface area contributed by atoms with Crippen molar-refractivity contribution in [3.63, 3.8) is 0 Å². The van der Waals surface area contributed by atoms with Gasteiger partial charge in [-0.1, -0.05) is 31.5 Å². The Balaban J connectivity index is 2.48. The third-order valence-corrected chi connectivity index (χ3v) is 3.52. The second-order valence-electron chi connectivity index (χ2n) is 5.10. The van der Waals surface area contributed by atoms with Gasteiger partial charge in [0.15, 0.2) is 0 Å². The number of ketones is 1. The average Bonchev–Trinajstić information content (AvgIpc) is 2.63. The molecule has 0 saturated heterocycles. The number of rotatable bonds is 5. The number of carbonyl (C=O) groups is 1. The smallest absolute Gasteiger partial charge is 0.130 e. The van der Waals surface area contributed by atoms with Crippen molar-refractivity contribution in [2.24, 2.45) is 0 Å². The van der Waals surface area contributed by atoms with E-state index in [2.05, 4.69) is 37.0 Å². The van der Waals surface area contributed by atoms with Crippen LogP contribution < -0.4 is 0 Å². The molecule has 0 fully saturated rings. The zero-order chi connectivity index (χ0) is 13.1.